The summed E-state index contributed by atoms with van der Waals surface area (Å²) in [5.41, 5.74) is 1.12. The van der Waals surface area contributed by atoms with Gasteiger partial charge in [-0.25, -0.2) is 0 Å². The standard InChI is InChI=1S/C34H60O4Si/c1-20(2)28(35)30(38-39(10,11)31(4,5)6)29(36)21(3)24-12-13-25-23-18-27(37-9)34-19-22(34)14-17-33(34,8)26(23)15-16-32(24,25)7/h20-27,29-30,36H,12-19H2,1-11H3/t21-,22+,23-,24+,25-,26-,27+,29+,30-,32+,33+,34-/m0/s1. The summed E-state index contributed by atoms with van der Waals surface area (Å²) in [7, 11) is -0.260. The second-order valence-electron chi connectivity index (χ2n) is 17.2. The molecule has 5 aliphatic rings. The molecule has 12 atom stereocenters. The molecule has 0 aromatic heterocycles. The number of aliphatic hydroxyl groups is 1. The van der Waals surface area contributed by atoms with E-state index in [0.29, 0.717) is 28.8 Å². The summed E-state index contributed by atoms with van der Waals surface area (Å²) in [6, 6.07) is 0. The van der Waals surface area contributed by atoms with E-state index in [1.54, 1.807) is 0 Å². The van der Waals surface area contributed by atoms with Crippen LogP contribution in [0.5, 0.6) is 0 Å². The highest BCUT2D eigenvalue weighted by Gasteiger charge is 2.77. The van der Waals surface area contributed by atoms with Crippen LogP contribution in [0.25, 0.3) is 0 Å². The Balaban J connectivity index is 1.39. The first-order valence-corrected chi connectivity index (χ1v) is 19.3. The zero-order valence-corrected chi connectivity index (χ0v) is 28.1. The van der Waals surface area contributed by atoms with Gasteiger partial charge in [0.25, 0.3) is 0 Å². The molecule has 5 heteroatoms. The number of methoxy groups -OCH3 is 1. The van der Waals surface area contributed by atoms with Crippen molar-refractivity contribution in [2.24, 2.45) is 57.7 Å². The molecular weight excluding hydrogens is 500 g/mol. The van der Waals surface area contributed by atoms with Crippen molar-refractivity contribution in [2.45, 2.75) is 143 Å². The third kappa shape index (κ3) is 4.24. The molecule has 224 valence electrons. The summed E-state index contributed by atoms with van der Waals surface area (Å²) in [6.45, 7) is 22.4. The average molecular weight is 561 g/mol. The molecule has 0 aliphatic heterocycles. The molecule has 0 aromatic rings. The highest BCUT2D eigenvalue weighted by molar-refractivity contribution is 6.74. The first kappa shape index (κ1) is 30.2. The van der Waals surface area contributed by atoms with E-state index in [1.807, 2.05) is 21.0 Å². The van der Waals surface area contributed by atoms with Crippen molar-refractivity contribution < 1.29 is 19.1 Å². The molecule has 1 N–H and O–H groups in total. The van der Waals surface area contributed by atoms with Crippen LogP contribution in [0, 0.1) is 57.7 Å². The largest absolute Gasteiger partial charge is 0.404 e. The summed E-state index contributed by atoms with van der Waals surface area (Å²) in [5.74, 6) is 3.54. The molecule has 0 unspecified atom stereocenters. The summed E-state index contributed by atoms with van der Waals surface area (Å²) in [5, 5.41) is 12.0. The summed E-state index contributed by atoms with van der Waals surface area (Å²) in [6.07, 6.45) is 9.39. The minimum absolute atomic E-state index is 0.0125. The molecule has 39 heavy (non-hydrogen) atoms. The Morgan fingerprint density at radius 2 is 1.67 bits per heavy atom. The first-order chi connectivity index (χ1) is 18.0. The number of ether oxygens (including phenoxy) is 1. The van der Waals surface area contributed by atoms with Crippen molar-refractivity contribution in [3.8, 4) is 0 Å². The van der Waals surface area contributed by atoms with Gasteiger partial charge >= 0.3 is 0 Å². The molecule has 5 fully saturated rings. The second-order valence-corrected chi connectivity index (χ2v) is 21.9. The van der Waals surface area contributed by atoms with Gasteiger partial charge in [-0.1, -0.05) is 55.4 Å². The lowest BCUT2D eigenvalue weighted by Crippen LogP contribution is -2.57. The van der Waals surface area contributed by atoms with Gasteiger partial charge in [0.15, 0.2) is 14.1 Å². The Morgan fingerprint density at radius 1 is 1.00 bits per heavy atom. The van der Waals surface area contributed by atoms with Gasteiger partial charge < -0.3 is 14.3 Å². The lowest BCUT2D eigenvalue weighted by molar-refractivity contribution is -0.164. The van der Waals surface area contributed by atoms with Gasteiger partial charge in [-0.3, -0.25) is 4.79 Å². The van der Waals surface area contributed by atoms with Gasteiger partial charge in [-0.05, 0) is 116 Å². The van der Waals surface area contributed by atoms with Crippen molar-refractivity contribution in [3.63, 3.8) is 0 Å². The molecule has 5 rings (SSSR count). The number of aliphatic hydroxyl groups excluding tert-OH is 1. The van der Waals surface area contributed by atoms with Crippen molar-refractivity contribution in [1.82, 2.24) is 0 Å². The molecule has 0 radical (unpaired) electrons. The fourth-order valence-electron chi connectivity index (χ4n) is 11.1. The normalized spacial score (nSPS) is 45.7. The molecule has 1 spiro atoms. The van der Waals surface area contributed by atoms with Gasteiger partial charge in [-0.2, -0.15) is 0 Å². The van der Waals surface area contributed by atoms with Crippen LogP contribution in [0.15, 0.2) is 0 Å². The highest BCUT2D eigenvalue weighted by atomic mass is 28.4. The van der Waals surface area contributed by atoms with Crippen LogP contribution in [0.1, 0.15) is 107 Å². The molecular formula is C34H60O4Si. The Labute approximate surface area is 240 Å². The van der Waals surface area contributed by atoms with Crippen LogP contribution in [0.3, 0.4) is 0 Å². The fourth-order valence-corrected chi connectivity index (χ4v) is 12.4. The predicted molar refractivity (Wildman–Crippen MR) is 161 cm³/mol. The average Bonchev–Trinajstić information content (AvgIpc) is 3.36. The van der Waals surface area contributed by atoms with E-state index in [0.717, 1.165) is 24.2 Å². The first-order valence-electron chi connectivity index (χ1n) is 16.4. The molecule has 5 aliphatic carbocycles. The lowest BCUT2D eigenvalue weighted by atomic mass is 9.45. The third-order valence-corrected chi connectivity index (χ3v) is 18.9. The van der Waals surface area contributed by atoms with E-state index in [1.165, 1.54) is 44.9 Å². The minimum Gasteiger partial charge on any atom is -0.404 e. The number of carbonyl (C=O) groups excluding carboxylic acids is 1. The Bertz CT molecular complexity index is 955. The van der Waals surface area contributed by atoms with Crippen molar-refractivity contribution in [2.75, 3.05) is 7.11 Å². The van der Waals surface area contributed by atoms with Crippen molar-refractivity contribution in [3.05, 3.63) is 0 Å². The highest BCUT2D eigenvalue weighted by Crippen LogP contribution is 2.82. The molecule has 0 aromatic carbocycles. The minimum atomic E-state index is -2.23. The van der Waals surface area contributed by atoms with Crippen molar-refractivity contribution >= 4 is 14.1 Å². The van der Waals surface area contributed by atoms with E-state index < -0.39 is 20.5 Å². The van der Waals surface area contributed by atoms with Crippen LogP contribution in [0.2, 0.25) is 18.1 Å². The zero-order chi connectivity index (χ0) is 28.9. The number of rotatable bonds is 8. The molecule has 0 bridgehead atoms. The molecule has 4 nitrogen and oxygen atoms in total. The number of ketones is 1. The quantitative estimate of drug-likeness (QED) is 0.307. The van der Waals surface area contributed by atoms with Crippen molar-refractivity contribution in [1.29, 1.82) is 0 Å². The molecule has 0 saturated heterocycles. The molecule has 5 saturated carbocycles. The maximum atomic E-state index is 13.5. The Morgan fingerprint density at radius 3 is 2.23 bits per heavy atom. The summed E-state index contributed by atoms with van der Waals surface area (Å²) < 4.78 is 13.1. The number of hydrogen-bond donors (Lipinski definition) is 1. The second kappa shape index (κ2) is 9.64. The monoisotopic (exact) mass is 560 g/mol. The summed E-state index contributed by atoms with van der Waals surface area (Å²) in [4.78, 5) is 13.5. The number of fused-ring (bicyclic) bond motifs is 4. The van der Waals surface area contributed by atoms with E-state index in [2.05, 4.69) is 54.6 Å². The maximum Gasteiger partial charge on any atom is 0.193 e. The van der Waals surface area contributed by atoms with Gasteiger partial charge in [0, 0.05) is 18.4 Å². The lowest BCUT2D eigenvalue weighted by Gasteiger charge is -2.61. The smallest absolute Gasteiger partial charge is 0.193 e. The third-order valence-electron chi connectivity index (χ3n) is 14.5. The Hall–Kier alpha value is -0.233. The number of Topliss-reactive ketones (excluding diaryl/α,β-unsaturated/α-hetero) is 1. The van der Waals surface area contributed by atoms with Gasteiger partial charge in [0.05, 0.1) is 12.2 Å². The van der Waals surface area contributed by atoms with E-state index >= 15 is 0 Å². The van der Waals surface area contributed by atoms with Crippen LogP contribution in [-0.2, 0) is 14.0 Å². The van der Waals surface area contributed by atoms with Gasteiger partial charge in [-0.15, -0.1) is 0 Å². The van der Waals surface area contributed by atoms with Gasteiger partial charge in [0.2, 0.25) is 0 Å². The SMILES string of the molecule is CO[C@@H]1C[C@H]2[C@@H]3CC[C@H]([C@H](C)[C@@H](O)[C@@H](O[Si](C)(C)C(C)(C)C)C(=O)C(C)C)[C@@]3(C)CC[C@@H]2[C@@]2(C)CC[C@@H]3C[C@]312. The van der Waals surface area contributed by atoms with Crippen LogP contribution < -0.4 is 0 Å². The number of hydrogen-bond acceptors (Lipinski definition) is 4. The zero-order valence-electron chi connectivity index (χ0n) is 27.1. The van der Waals surface area contributed by atoms with Crippen LogP contribution in [0.4, 0.5) is 0 Å². The Kier molecular flexibility index (Phi) is 7.47. The predicted octanol–water partition coefficient (Wildman–Crippen LogP) is 7.88. The number of carbonyl (C=O) groups is 1. The summed E-state index contributed by atoms with van der Waals surface area (Å²) >= 11 is 0. The van der Waals surface area contributed by atoms with Crippen LogP contribution in [-0.4, -0.2) is 44.6 Å². The van der Waals surface area contributed by atoms with E-state index in [4.69, 9.17) is 9.16 Å². The fraction of sp³-hybridized carbons (Fsp3) is 0.971. The van der Waals surface area contributed by atoms with E-state index in [9.17, 15) is 9.90 Å². The molecule has 0 amide bonds. The maximum absolute atomic E-state index is 13.5. The van der Waals surface area contributed by atoms with Gasteiger partial charge in [0.1, 0.15) is 6.10 Å². The van der Waals surface area contributed by atoms with E-state index in [-0.39, 0.29) is 28.1 Å². The topological polar surface area (TPSA) is 55.8 Å². The molecule has 0 heterocycles. The van der Waals surface area contributed by atoms with Crippen LogP contribution >= 0.6 is 0 Å².